The average molecular weight is 365 g/mol. The quantitative estimate of drug-likeness (QED) is 0.652. The van der Waals surface area contributed by atoms with Crippen molar-refractivity contribution in [1.82, 2.24) is 5.32 Å². The fourth-order valence-electron chi connectivity index (χ4n) is 2.78. The van der Waals surface area contributed by atoms with Crippen LogP contribution >= 0.6 is 0 Å². The van der Waals surface area contributed by atoms with Crippen LogP contribution in [0.3, 0.4) is 0 Å². The van der Waals surface area contributed by atoms with Crippen LogP contribution in [0.15, 0.2) is 60.7 Å². The van der Waals surface area contributed by atoms with Gasteiger partial charge in [-0.2, -0.15) is 0 Å². The summed E-state index contributed by atoms with van der Waals surface area (Å²) in [5.74, 6) is 2.51. The molecule has 4 rings (SSSR count). The van der Waals surface area contributed by atoms with Crippen molar-refractivity contribution in [3.8, 4) is 23.0 Å². The lowest BCUT2D eigenvalue weighted by atomic mass is 10.1. The molecular weight excluding hydrogens is 346 g/mol. The first-order valence-corrected chi connectivity index (χ1v) is 8.69. The molecule has 0 radical (unpaired) electrons. The molecule has 0 bridgehead atoms. The molecule has 0 unspecified atom stereocenters. The highest BCUT2D eigenvalue weighted by Crippen LogP contribution is 2.34. The van der Waals surface area contributed by atoms with Gasteiger partial charge in [-0.05, 0) is 35.0 Å². The Kier molecular flexibility index (Phi) is 4.96. The van der Waals surface area contributed by atoms with E-state index >= 15 is 0 Å². The van der Waals surface area contributed by atoms with Gasteiger partial charge in [0.2, 0.25) is 6.79 Å². The van der Waals surface area contributed by atoms with Crippen LogP contribution < -0.4 is 24.3 Å². The summed E-state index contributed by atoms with van der Waals surface area (Å²) < 4.78 is 21.7. The number of carbonyl (C=O) groups is 1. The van der Waals surface area contributed by atoms with Gasteiger partial charge < -0.3 is 24.3 Å². The van der Waals surface area contributed by atoms with Crippen molar-refractivity contribution in [2.75, 3.05) is 26.6 Å². The predicted molar refractivity (Wildman–Crippen MR) is 101 cm³/mol. The summed E-state index contributed by atoms with van der Waals surface area (Å²) in [6, 6.07) is 19.1. The van der Waals surface area contributed by atoms with Gasteiger partial charge in [0, 0.05) is 6.07 Å². The SMILES string of the molecule is O=C(COc1ccc2ccccc2c1)NCCOc1ccc2c(c1)OCO2. The van der Waals surface area contributed by atoms with Crippen LogP contribution in [0, 0.1) is 0 Å². The van der Waals surface area contributed by atoms with E-state index in [0.29, 0.717) is 36.1 Å². The molecule has 6 nitrogen and oxygen atoms in total. The van der Waals surface area contributed by atoms with Crippen LogP contribution in [-0.4, -0.2) is 32.5 Å². The van der Waals surface area contributed by atoms with Crippen LogP contribution in [0.2, 0.25) is 0 Å². The second-order valence-electron chi connectivity index (χ2n) is 6.01. The van der Waals surface area contributed by atoms with Crippen molar-refractivity contribution < 1.29 is 23.7 Å². The monoisotopic (exact) mass is 365 g/mol. The molecule has 1 aliphatic rings. The number of rotatable bonds is 7. The predicted octanol–water partition coefficient (Wildman–Crippen LogP) is 3.14. The number of hydrogen-bond acceptors (Lipinski definition) is 5. The second kappa shape index (κ2) is 7.86. The van der Waals surface area contributed by atoms with Crippen LogP contribution in [0.25, 0.3) is 10.8 Å². The average Bonchev–Trinajstić information content (AvgIpc) is 3.17. The molecule has 6 heteroatoms. The summed E-state index contributed by atoms with van der Waals surface area (Å²) in [5, 5.41) is 4.98. The smallest absolute Gasteiger partial charge is 0.258 e. The normalized spacial score (nSPS) is 12.0. The van der Waals surface area contributed by atoms with Crippen molar-refractivity contribution in [2.24, 2.45) is 0 Å². The van der Waals surface area contributed by atoms with Gasteiger partial charge in [0.05, 0.1) is 6.54 Å². The highest BCUT2D eigenvalue weighted by atomic mass is 16.7. The molecule has 0 aromatic heterocycles. The molecule has 0 atom stereocenters. The minimum atomic E-state index is -0.197. The maximum Gasteiger partial charge on any atom is 0.258 e. The Hall–Kier alpha value is -3.41. The summed E-state index contributed by atoms with van der Waals surface area (Å²) >= 11 is 0. The molecule has 0 spiro atoms. The first kappa shape index (κ1) is 17.0. The second-order valence-corrected chi connectivity index (χ2v) is 6.01. The van der Waals surface area contributed by atoms with Crippen LogP contribution in [0.4, 0.5) is 0 Å². The van der Waals surface area contributed by atoms with Gasteiger partial charge in [0.1, 0.15) is 18.1 Å². The molecule has 1 aliphatic heterocycles. The van der Waals surface area contributed by atoms with Crippen LogP contribution in [-0.2, 0) is 4.79 Å². The number of ether oxygens (including phenoxy) is 4. The third-order valence-corrected chi connectivity index (χ3v) is 4.13. The van der Waals surface area contributed by atoms with Gasteiger partial charge >= 0.3 is 0 Å². The van der Waals surface area contributed by atoms with Crippen molar-refractivity contribution in [1.29, 1.82) is 0 Å². The van der Waals surface area contributed by atoms with E-state index in [1.165, 1.54) is 0 Å². The molecule has 3 aromatic carbocycles. The zero-order valence-corrected chi connectivity index (χ0v) is 14.6. The molecule has 0 saturated heterocycles. The largest absolute Gasteiger partial charge is 0.492 e. The standard InChI is InChI=1S/C21H19NO5/c23-21(13-25-17-6-5-15-3-1-2-4-16(15)11-17)22-9-10-24-18-7-8-19-20(12-18)27-14-26-19/h1-8,11-12H,9-10,13-14H2,(H,22,23). The number of amides is 1. The Balaban J connectivity index is 1.19. The van der Waals surface area contributed by atoms with Gasteiger partial charge in [-0.15, -0.1) is 0 Å². The minimum absolute atomic E-state index is 0.0393. The summed E-state index contributed by atoms with van der Waals surface area (Å²) in [5.41, 5.74) is 0. The number of hydrogen-bond donors (Lipinski definition) is 1. The lowest BCUT2D eigenvalue weighted by molar-refractivity contribution is -0.123. The van der Waals surface area contributed by atoms with E-state index in [-0.39, 0.29) is 19.3 Å². The molecule has 138 valence electrons. The third-order valence-electron chi connectivity index (χ3n) is 4.13. The first-order valence-electron chi connectivity index (χ1n) is 8.69. The Labute approximate surface area is 156 Å². The Morgan fingerprint density at radius 1 is 0.889 bits per heavy atom. The summed E-state index contributed by atoms with van der Waals surface area (Å²) in [7, 11) is 0. The number of nitrogens with one attached hydrogen (secondary N) is 1. The molecular formula is C21H19NO5. The van der Waals surface area contributed by atoms with E-state index in [0.717, 1.165) is 10.8 Å². The van der Waals surface area contributed by atoms with Gasteiger partial charge in [0.25, 0.3) is 5.91 Å². The van der Waals surface area contributed by atoms with E-state index in [2.05, 4.69) is 5.32 Å². The Bertz CT molecular complexity index is 956. The maximum atomic E-state index is 11.9. The highest BCUT2D eigenvalue weighted by molar-refractivity contribution is 5.84. The molecule has 0 saturated carbocycles. The molecule has 0 fully saturated rings. The highest BCUT2D eigenvalue weighted by Gasteiger charge is 2.13. The van der Waals surface area contributed by atoms with E-state index in [9.17, 15) is 4.79 Å². The van der Waals surface area contributed by atoms with Crippen LogP contribution in [0.1, 0.15) is 0 Å². The molecule has 1 amide bonds. The molecule has 0 aliphatic carbocycles. The van der Waals surface area contributed by atoms with Gasteiger partial charge in [-0.25, -0.2) is 0 Å². The van der Waals surface area contributed by atoms with Crippen molar-refractivity contribution in [2.45, 2.75) is 0 Å². The third kappa shape index (κ3) is 4.23. The summed E-state index contributed by atoms with van der Waals surface area (Å²) in [6.07, 6.45) is 0. The first-order chi connectivity index (χ1) is 13.3. The van der Waals surface area contributed by atoms with Gasteiger partial charge in [-0.1, -0.05) is 30.3 Å². The Morgan fingerprint density at radius 2 is 1.67 bits per heavy atom. The zero-order valence-electron chi connectivity index (χ0n) is 14.6. The van der Waals surface area contributed by atoms with Gasteiger partial charge in [0.15, 0.2) is 18.1 Å². The lowest BCUT2D eigenvalue weighted by Crippen LogP contribution is -2.32. The van der Waals surface area contributed by atoms with E-state index in [1.807, 2.05) is 42.5 Å². The molecule has 1 heterocycles. The van der Waals surface area contributed by atoms with Crippen LogP contribution in [0.5, 0.6) is 23.0 Å². The minimum Gasteiger partial charge on any atom is -0.492 e. The molecule has 3 aromatic rings. The molecule has 1 N–H and O–H groups in total. The lowest BCUT2D eigenvalue weighted by Gasteiger charge is -2.10. The molecule has 27 heavy (non-hydrogen) atoms. The van der Waals surface area contributed by atoms with Crippen molar-refractivity contribution in [3.05, 3.63) is 60.7 Å². The number of benzene rings is 3. The zero-order chi connectivity index (χ0) is 18.5. The van der Waals surface area contributed by atoms with E-state index < -0.39 is 0 Å². The maximum absolute atomic E-state index is 11.9. The summed E-state index contributed by atoms with van der Waals surface area (Å²) in [4.78, 5) is 11.9. The van der Waals surface area contributed by atoms with E-state index in [1.54, 1.807) is 18.2 Å². The Morgan fingerprint density at radius 3 is 2.59 bits per heavy atom. The van der Waals surface area contributed by atoms with Crippen molar-refractivity contribution >= 4 is 16.7 Å². The van der Waals surface area contributed by atoms with E-state index in [4.69, 9.17) is 18.9 Å². The van der Waals surface area contributed by atoms with Gasteiger partial charge in [-0.3, -0.25) is 4.79 Å². The van der Waals surface area contributed by atoms with Crippen molar-refractivity contribution in [3.63, 3.8) is 0 Å². The fourth-order valence-corrected chi connectivity index (χ4v) is 2.78. The number of fused-ring (bicyclic) bond motifs is 2. The topological polar surface area (TPSA) is 66.0 Å². The summed E-state index contributed by atoms with van der Waals surface area (Å²) in [6.45, 7) is 0.921. The fraction of sp³-hybridized carbons (Fsp3) is 0.190. The number of carbonyl (C=O) groups excluding carboxylic acids is 1.